The lowest BCUT2D eigenvalue weighted by Crippen LogP contribution is -2.42. The maximum atomic E-state index is 14.0. The molecule has 1 atom stereocenters. The molecule has 0 aliphatic carbocycles. The highest BCUT2D eigenvalue weighted by molar-refractivity contribution is 7.89. The van der Waals surface area contributed by atoms with Gasteiger partial charge in [-0.2, -0.15) is 0 Å². The predicted molar refractivity (Wildman–Crippen MR) is 141 cm³/mol. The fraction of sp³-hybridized carbons (Fsp3) is 0.241. The highest BCUT2D eigenvalue weighted by Gasteiger charge is 2.44. The van der Waals surface area contributed by atoms with Gasteiger partial charge in [-0.25, -0.2) is 13.6 Å². The van der Waals surface area contributed by atoms with Gasteiger partial charge in [0, 0.05) is 31.9 Å². The molecule has 4 aromatic rings. The van der Waals surface area contributed by atoms with E-state index in [1.54, 1.807) is 24.5 Å². The molecule has 0 saturated carbocycles. The summed E-state index contributed by atoms with van der Waals surface area (Å²) in [5.74, 6) is -0.0179. The van der Waals surface area contributed by atoms with Crippen molar-refractivity contribution in [1.82, 2.24) is 9.88 Å². The summed E-state index contributed by atoms with van der Waals surface area (Å²) in [6.45, 7) is 1.41. The van der Waals surface area contributed by atoms with Crippen LogP contribution in [-0.2, 0) is 20.2 Å². The fourth-order valence-electron chi connectivity index (χ4n) is 5.50. The van der Waals surface area contributed by atoms with Crippen LogP contribution in [0.25, 0.3) is 10.8 Å². The molecule has 5 rings (SSSR count). The van der Waals surface area contributed by atoms with Crippen LogP contribution in [0.4, 0.5) is 0 Å². The second kappa shape index (κ2) is 9.84. The smallest absolute Gasteiger partial charge is 0.238 e. The Hall–Kier alpha value is -3.55. The Labute approximate surface area is 211 Å². The minimum Gasteiger partial charge on any atom is -0.343 e. The monoisotopic (exact) mass is 499 g/mol. The number of nitrogens with zero attached hydrogens (tertiary/aromatic N) is 2. The lowest BCUT2D eigenvalue weighted by atomic mass is 9.66. The van der Waals surface area contributed by atoms with Crippen molar-refractivity contribution < 1.29 is 13.2 Å². The number of fused-ring (bicyclic) bond motifs is 1. The fourth-order valence-corrected chi connectivity index (χ4v) is 6.32. The number of hydrogen-bond donors (Lipinski definition) is 1. The molecule has 0 bridgehead atoms. The van der Waals surface area contributed by atoms with E-state index in [4.69, 9.17) is 5.14 Å². The van der Waals surface area contributed by atoms with Crippen molar-refractivity contribution in [2.75, 3.05) is 13.1 Å². The van der Waals surface area contributed by atoms with Crippen LogP contribution >= 0.6 is 0 Å². The van der Waals surface area contributed by atoms with Crippen molar-refractivity contribution in [1.29, 1.82) is 0 Å². The van der Waals surface area contributed by atoms with Crippen LogP contribution in [-0.4, -0.2) is 37.3 Å². The summed E-state index contributed by atoms with van der Waals surface area (Å²) in [6, 6.07) is 24.3. The summed E-state index contributed by atoms with van der Waals surface area (Å²) in [7, 11) is -4.13. The Balaban J connectivity index is 1.90. The minimum absolute atomic E-state index is 0.0142. The molecule has 0 spiro atoms. The van der Waals surface area contributed by atoms with E-state index >= 15 is 0 Å². The molecular formula is C29H29N3O3S. The van der Waals surface area contributed by atoms with Crippen molar-refractivity contribution in [3.05, 3.63) is 108 Å². The number of aromatic nitrogens is 1. The minimum atomic E-state index is -4.13. The first-order chi connectivity index (χ1) is 17.4. The number of likely N-dealkylation sites (tertiary alicyclic amines) is 1. The van der Waals surface area contributed by atoms with Gasteiger partial charge < -0.3 is 4.90 Å². The summed E-state index contributed by atoms with van der Waals surface area (Å²) in [5, 5.41) is 7.45. The average Bonchev–Trinajstić information content (AvgIpc) is 2.92. The topological polar surface area (TPSA) is 93.4 Å². The summed E-state index contributed by atoms with van der Waals surface area (Å²) in [5.41, 5.74) is 0.923. The Morgan fingerprint density at radius 1 is 0.861 bits per heavy atom. The number of rotatable bonds is 6. The number of benzene rings is 3. The van der Waals surface area contributed by atoms with E-state index in [0.29, 0.717) is 18.7 Å². The third-order valence-electron chi connectivity index (χ3n) is 7.17. The Bertz CT molecular complexity index is 1440. The van der Waals surface area contributed by atoms with E-state index in [1.165, 1.54) is 0 Å². The van der Waals surface area contributed by atoms with E-state index in [1.807, 2.05) is 71.6 Å². The Morgan fingerprint density at radius 2 is 1.56 bits per heavy atom. The quantitative estimate of drug-likeness (QED) is 0.419. The molecule has 1 aliphatic rings. The zero-order valence-corrected chi connectivity index (χ0v) is 20.8. The van der Waals surface area contributed by atoms with Gasteiger partial charge in [-0.3, -0.25) is 9.78 Å². The van der Waals surface area contributed by atoms with Gasteiger partial charge in [0.05, 0.1) is 10.3 Å². The van der Waals surface area contributed by atoms with Gasteiger partial charge in [0.15, 0.2) is 0 Å². The molecule has 1 fully saturated rings. The highest BCUT2D eigenvalue weighted by atomic mass is 32.2. The van der Waals surface area contributed by atoms with Crippen LogP contribution in [0, 0.1) is 0 Å². The standard InChI is InChI=1S/C29H29N3O3S/c30-36(34,35)26-16-15-22-10-5-6-14-25(22)28(26)29(23-11-3-1-4-12-23,24-13-9-17-31-21-24)20-27(33)32-18-7-2-8-19-32/h1,3-6,9-17,21H,2,7-8,18-20H2,(H2,30,34,35). The van der Waals surface area contributed by atoms with Crippen molar-refractivity contribution in [3.63, 3.8) is 0 Å². The third kappa shape index (κ3) is 4.40. The largest absolute Gasteiger partial charge is 0.343 e. The number of carbonyl (C=O) groups is 1. The molecule has 184 valence electrons. The number of primary sulfonamides is 1. The van der Waals surface area contributed by atoms with Gasteiger partial charge >= 0.3 is 0 Å². The molecule has 2 N–H and O–H groups in total. The van der Waals surface area contributed by atoms with Crippen LogP contribution in [0.15, 0.2) is 96.2 Å². The highest BCUT2D eigenvalue weighted by Crippen LogP contribution is 2.47. The van der Waals surface area contributed by atoms with Crippen LogP contribution in [0.3, 0.4) is 0 Å². The molecule has 36 heavy (non-hydrogen) atoms. The first-order valence-electron chi connectivity index (χ1n) is 12.2. The number of hydrogen-bond acceptors (Lipinski definition) is 4. The summed E-state index contributed by atoms with van der Waals surface area (Å²) < 4.78 is 26.1. The van der Waals surface area contributed by atoms with E-state index in [0.717, 1.165) is 41.2 Å². The van der Waals surface area contributed by atoms with Crippen molar-refractivity contribution in [3.8, 4) is 0 Å². The lowest BCUT2D eigenvalue weighted by Gasteiger charge is -2.39. The number of amides is 1. The van der Waals surface area contributed by atoms with Crippen LogP contribution in [0.1, 0.15) is 42.4 Å². The lowest BCUT2D eigenvalue weighted by molar-refractivity contribution is -0.132. The molecule has 7 heteroatoms. The number of pyridine rings is 1. The first kappa shape index (κ1) is 24.2. The molecule has 1 aromatic heterocycles. The van der Waals surface area contributed by atoms with Gasteiger partial charge in [-0.15, -0.1) is 0 Å². The molecule has 1 saturated heterocycles. The number of sulfonamides is 1. The van der Waals surface area contributed by atoms with Crippen LogP contribution < -0.4 is 5.14 Å². The summed E-state index contributed by atoms with van der Waals surface area (Å²) in [6.07, 6.45) is 6.50. The second-order valence-electron chi connectivity index (χ2n) is 9.34. The Kier molecular flexibility index (Phi) is 6.60. The maximum Gasteiger partial charge on any atom is 0.238 e. The number of piperidine rings is 1. The van der Waals surface area contributed by atoms with E-state index in [2.05, 4.69) is 4.98 Å². The molecule has 1 amide bonds. The third-order valence-corrected chi connectivity index (χ3v) is 8.12. The van der Waals surface area contributed by atoms with Crippen molar-refractivity contribution in [2.24, 2.45) is 5.14 Å². The summed E-state index contributed by atoms with van der Waals surface area (Å²) >= 11 is 0. The SMILES string of the molecule is NS(=O)(=O)c1ccc2ccccc2c1C(CC(=O)N1CCCCC1)(c1ccccc1)c1cccnc1. The van der Waals surface area contributed by atoms with Gasteiger partial charge in [-0.1, -0.05) is 66.7 Å². The zero-order chi connectivity index (χ0) is 25.2. The zero-order valence-electron chi connectivity index (χ0n) is 20.0. The number of carbonyl (C=O) groups excluding carboxylic acids is 1. The molecule has 1 unspecified atom stereocenters. The number of nitrogens with two attached hydrogens (primary N) is 1. The molecule has 2 heterocycles. The summed E-state index contributed by atoms with van der Waals surface area (Å²) in [4.78, 5) is 20.3. The van der Waals surface area contributed by atoms with E-state index in [-0.39, 0.29) is 17.2 Å². The van der Waals surface area contributed by atoms with Gasteiger partial charge in [-0.05, 0) is 58.9 Å². The molecule has 1 aliphatic heterocycles. The van der Waals surface area contributed by atoms with Crippen LogP contribution in [0.5, 0.6) is 0 Å². The Morgan fingerprint density at radius 3 is 2.25 bits per heavy atom. The average molecular weight is 500 g/mol. The van der Waals surface area contributed by atoms with Gasteiger partial charge in [0.25, 0.3) is 0 Å². The molecule has 3 aromatic carbocycles. The van der Waals surface area contributed by atoms with Crippen LogP contribution in [0.2, 0.25) is 0 Å². The molecule has 0 radical (unpaired) electrons. The first-order valence-corrected chi connectivity index (χ1v) is 13.7. The van der Waals surface area contributed by atoms with Crippen molar-refractivity contribution in [2.45, 2.75) is 36.0 Å². The second-order valence-corrected chi connectivity index (χ2v) is 10.9. The van der Waals surface area contributed by atoms with E-state index < -0.39 is 15.4 Å². The van der Waals surface area contributed by atoms with Gasteiger partial charge in [0.2, 0.25) is 15.9 Å². The van der Waals surface area contributed by atoms with E-state index in [9.17, 15) is 13.2 Å². The maximum absolute atomic E-state index is 14.0. The van der Waals surface area contributed by atoms with Crippen molar-refractivity contribution >= 4 is 26.7 Å². The molecular weight excluding hydrogens is 470 g/mol. The normalized spacial score (nSPS) is 16.0. The van der Waals surface area contributed by atoms with Gasteiger partial charge in [0.1, 0.15) is 0 Å². The molecule has 6 nitrogen and oxygen atoms in total. The predicted octanol–water partition coefficient (Wildman–Crippen LogP) is 4.62.